The SMILES string of the molecule is CCOC(=O)c1c(Nc2nc3ccccc3nc2NS(=O)(=O)c2ccc(Cl)cc2)sc2c1CCC(C)C2. The van der Waals surface area contributed by atoms with Crippen LogP contribution in [0.5, 0.6) is 0 Å². The minimum atomic E-state index is -4.00. The number of thiophene rings is 1. The molecule has 2 aromatic heterocycles. The molecule has 11 heteroatoms. The van der Waals surface area contributed by atoms with E-state index in [1.165, 1.54) is 35.6 Å². The molecule has 0 spiro atoms. The van der Waals surface area contributed by atoms with Gasteiger partial charge in [0.05, 0.1) is 28.1 Å². The maximum atomic E-state index is 13.2. The number of carbonyl (C=O) groups is 1. The normalized spacial score (nSPS) is 15.3. The summed E-state index contributed by atoms with van der Waals surface area (Å²) in [7, 11) is -4.00. The third kappa shape index (κ3) is 5.27. The van der Waals surface area contributed by atoms with Gasteiger partial charge in [-0.15, -0.1) is 11.3 Å². The lowest BCUT2D eigenvalue weighted by molar-refractivity contribution is 0.0526. The first-order chi connectivity index (χ1) is 17.7. The van der Waals surface area contributed by atoms with Crippen LogP contribution in [-0.2, 0) is 27.6 Å². The summed E-state index contributed by atoms with van der Waals surface area (Å²) in [6, 6.07) is 13.0. The van der Waals surface area contributed by atoms with Gasteiger partial charge in [0.2, 0.25) is 0 Å². The van der Waals surface area contributed by atoms with Crippen molar-refractivity contribution in [2.45, 2.75) is 38.0 Å². The van der Waals surface area contributed by atoms with Gasteiger partial charge in [-0.2, -0.15) is 0 Å². The molecule has 5 rings (SSSR count). The lowest BCUT2D eigenvalue weighted by atomic mass is 9.88. The Bertz CT molecular complexity index is 1590. The van der Waals surface area contributed by atoms with Gasteiger partial charge in [-0.1, -0.05) is 30.7 Å². The van der Waals surface area contributed by atoms with Gasteiger partial charge in [0, 0.05) is 9.90 Å². The number of nitrogens with one attached hydrogen (secondary N) is 2. The van der Waals surface area contributed by atoms with Crippen molar-refractivity contribution in [2.75, 3.05) is 16.6 Å². The maximum Gasteiger partial charge on any atom is 0.341 e. The van der Waals surface area contributed by atoms with Crippen molar-refractivity contribution in [3.63, 3.8) is 0 Å². The van der Waals surface area contributed by atoms with E-state index in [2.05, 4.69) is 26.9 Å². The number of benzene rings is 2. The molecule has 0 aliphatic heterocycles. The lowest BCUT2D eigenvalue weighted by Crippen LogP contribution is -2.16. The molecule has 2 aromatic carbocycles. The van der Waals surface area contributed by atoms with Crippen LogP contribution in [0.4, 0.5) is 16.6 Å². The number of nitrogens with zero attached hydrogens (tertiary/aromatic N) is 2. The third-order valence-corrected chi connectivity index (χ3v) is 8.93. The quantitative estimate of drug-likeness (QED) is 0.261. The maximum absolute atomic E-state index is 13.2. The number of para-hydroxylation sites is 2. The van der Waals surface area contributed by atoms with Gasteiger partial charge in [-0.05, 0) is 74.1 Å². The first kappa shape index (κ1) is 25.4. The highest BCUT2D eigenvalue weighted by Gasteiger charge is 2.29. The molecule has 0 saturated heterocycles. The molecule has 0 amide bonds. The molecule has 1 atom stereocenters. The molecule has 1 aliphatic rings. The summed E-state index contributed by atoms with van der Waals surface area (Å²) >= 11 is 7.41. The van der Waals surface area contributed by atoms with Crippen LogP contribution < -0.4 is 10.0 Å². The van der Waals surface area contributed by atoms with Crippen molar-refractivity contribution in [3.05, 3.63) is 69.6 Å². The Balaban J connectivity index is 1.60. The van der Waals surface area contributed by atoms with Gasteiger partial charge < -0.3 is 10.1 Å². The lowest BCUT2D eigenvalue weighted by Gasteiger charge is -2.18. The monoisotopic (exact) mass is 556 g/mol. The fraction of sp³-hybridized carbons (Fsp3) is 0.269. The topological polar surface area (TPSA) is 110 Å². The van der Waals surface area contributed by atoms with Crippen molar-refractivity contribution in [1.82, 2.24) is 9.97 Å². The molecule has 1 aliphatic carbocycles. The van der Waals surface area contributed by atoms with E-state index in [9.17, 15) is 13.2 Å². The largest absolute Gasteiger partial charge is 0.462 e. The zero-order valence-electron chi connectivity index (χ0n) is 20.2. The number of carbonyl (C=O) groups excluding carboxylic acids is 1. The number of anilines is 3. The fourth-order valence-corrected chi connectivity index (χ4v) is 6.86. The average Bonchev–Trinajstić information content (AvgIpc) is 3.21. The van der Waals surface area contributed by atoms with E-state index in [0.29, 0.717) is 32.5 Å². The molecule has 37 heavy (non-hydrogen) atoms. The molecule has 1 unspecified atom stereocenters. The number of rotatable bonds is 7. The van der Waals surface area contributed by atoms with Crippen molar-refractivity contribution in [2.24, 2.45) is 5.92 Å². The van der Waals surface area contributed by atoms with Gasteiger partial charge in [-0.25, -0.2) is 23.2 Å². The van der Waals surface area contributed by atoms with Crippen molar-refractivity contribution in [3.8, 4) is 0 Å². The van der Waals surface area contributed by atoms with Crippen LogP contribution in [0.2, 0.25) is 5.02 Å². The number of fused-ring (bicyclic) bond motifs is 2. The third-order valence-electron chi connectivity index (χ3n) is 6.15. The van der Waals surface area contributed by atoms with Crippen molar-refractivity contribution >= 4 is 66.6 Å². The Morgan fingerprint density at radius 2 is 1.78 bits per heavy atom. The molecule has 0 bridgehead atoms. The Labute approximate surface area is 224 Å². The fourth-order valence-electron chi connectivity index (χ4n) is 4.32. The van der Waals surface area contributed by atoms with Crippen LogP contribution in [0.3, 0.4) is 0 Å². The van der Waals surface area contributed by atoms with Crippen LogP contribution in [0.1, 0.15) is 41.1 Å². The van der Waals surface area contributed by atoms with E-state index in [0.717, 1.165) is 29.7 Å². The van der Waals surface area contributed by atoms with Gasteiger partial charge in [0.1, 0.15) is 5.00 Å². The van der Waals surface area contributed by atoms with Crippen LogP contribution in [0, 0.1) is 5.92 Å². The highest BCUT2D eigenvalue weighted by molar-refractivity contribution is 7.92. The van der Waals surface area contributed by atoms with Crippen LogP contribution in [0.15, 0.2) is 53.4 Å². The molecular formula is C26H25ClN4O4S2. The number of aromatic nitrogens is 2. The summed E-state index contributed by atoms with van der Waals surface area (Å²) in [4.78, 5) is 23.4. The molecule has 2 N–H and O–H groups in total. The van der Waals surface area contributed by atoms with Crippen LogP contribution in [0.25, 0.3) is 11.0 Å². The predicted octanol–water partition coefficient (Wildman–Crippen LogP) is 6.19. The van der Waals surface area contributed by atoms with Gasteiger partial charge >= 0.3 is 5.97 Å². The zero-order valence-corrected chi connectivity index (χ0v) is 22.6. The minimum Gasteiger partial charge on any atom is -0.462 e. The van der Waals surface area contributed by atoms with E-state index in [1.807, 2.05) is 6.07 Å². The zero-order chi connectivity index (χ0) is 26.2. The second kappa shape index (κ2) is 10.3. The Hall–Kier alpha value is -3.21. The van der Waals surface area contributed by atoms with E-state index >= 15 is 0 Å². The molecule has 4 aromatic rings. The number of sulfonamides is 1. The van der Waals surface area contributed by atoms with Crippen LogP contribution in [-0.4, -0.2) is 31.0 Å². The summed E-state index contributed by atoms with van der Waals surface area (Å²) in [5, 5.41) is 4.21. The second-order valence-corrected chi connectivity index (χ2v) is 12.1. The number of halogens is 1. The molecular weight excluding hydrogens is 532 g/mol. The first-order valence-electron chi connectivity index (χ1n) is 11.9. The summed E-state index contributed by atoms with van der Waals surface area (Å²) in [5.41, 5.74) is 2.56. The van der Waals surface area contributed by atoms with Crippen molar-refractivity contribution < 1.29 is 17.9 Å². The minimum absolute atomic E-state index is 0.0169. The molecule has 0 saturated carbocycles. The molecule has 0 fully saturated rings. The van der Waals surface area contributed by atoms with Gasteiger partial charge in [0.15, 0.2) is 11.6 Å². The number of esters is 1. The summed E-state index contributed by atoms with van der Waals surface area (Å²) in [6.07, 6.45) is 2.63. The summed E-state index contributed by atoms with van der Waals surface area (Å²) in [6.45, 7) is 4.21. The first-order valence-corrected chi connectivity index (χ1v) is 14.6. The number of ether oxygens (including phenoxy) is 1. The predicted molar refractivity (Wildman–Crippen MR) is 147 cm³/mol. The van der Waals surface area contributed by atoms with E-state index in [4.69, 9.17) is 16.3 Å². The Morgan fingerprint density at radius 3 is 2.46 bits per heavy atom. The Morgan fingerprint density at radius 1 is 1.11 bits per heavy atom. The van der Waals surface area contributed by atoms with Crippen molar-refractivity contribution in [1.29, 1.82) is 0 Å². The molecule has 192 valence electrons. The smallest absolute Gasteiger partial charge is 0.341 e. The standard InChI is InChI=1S/C26H25ClN4O4S2/c1-3-35-26(32)22-18-13-8-15(2)14-21(18)36-25(22)30-23-24(29-20-7-5-4-6-19(20)28-23)31-37(33,34)17-11-9-16(27)10-12-17/h4-7,9-12,15H,3,8,13-14H2,1-2H3,(H,28,30)(H,29,31). The molecule has 0 radical (unpaired) electrons. The second-order valence-electron chi connectivity index (χ2n) is 8.87. The highest BCUT2D eigenvalue weighted by atomic mass is 35.5. The average molecular weight is 557 g/mol. The van der Waals surface area contributed by atoms with Gasteiger partial charge in [0.25, 0.3) is 10.0 Å². The summed E-state index contributed by atoms with van der Waals surface area (Å²) < 4.78 is 34.3. The van der Waals surface area contributed by atoms with E-state index in [-0.39, 0.29) is 23.1 Å². The molecule has 8 nitrogen and oxygen atoms in total. The van der Waals surface area contributed by atoms with E-state index < -0.39 is 16.0 Å². The number of hydrogen-bond donors (Lipinski definition) is 2. The molecule has 2 heterocycles. The van der Waals surface area contributed by atoms with E-state index in [1.54, 1.807) is 25.1 Å². The highest BCUT2D eigenvalue weighted by Crippen LogP contribution is 2.42. The summed E-state index contributed by atoms with van der Waals surface area (Å²) in [5.74, 6) is 0.307. The Kier molecular flexibility index (Phi) is 7.06. The number of hydrogen-bond acceptors (Lipinski definition) is 8. The van der Waals surface area contributed by atoms with Crippen LogP contribution >= 0.6 is 22.9 Å². The van der Waals surface area contributed by atoms with Gasteiger partial charge in [-0.3, -0.25) is 4.72 Å².